The van der Waals surface area contributed by atoms with E-state index in [1.54, 1.807) is 12.1 Å². The quantitative estimate of drug-likeness (QED) is 0.741. The zero-order valence-electron chi connectivity index (χ0n) is 9.39. The predicted octanol–water partition coefficient (Wildman–Crippen LogP) is 0.603. The normalized spacial score (nSPS) is 20.6. The van der Waals surface area contributed by atoms with Crippen molar-refractivity contribution >= 4 is 18.3 Å². The topological polar surface area (TPSA) is 74.5 Å². The first-order valence-corrected chi connectivity index (χ1v) is 5.50. The summed E-state index contributed by atoms with van der Waals surface area (Å²) >= 11 is 0. The molecule has 1 aliphatic heterocycles. The Morgan fingerprint density at radius 3 is 3.12 bits per heavy atom. The van der Waals surface area contributed by atoms with E-state index in [0.29, 0.717) is 5.76 Å². The monoisotopic (exact) mass is 260 g/mol. The van der Waals surface area contributed by atoms with Crippen LogP contribution in [0.15, 0.2) is 22.8 Å². The molecule has 0 aromatic carbocycles. The van der Waals surface area contributed by atoms with Crippen molar-refractivity contribution in [3.63, 3.8) is 0 Å². The lowest BCUT2D eigenvalue weighted by molar-refractivity contribution is -0.123. The molecule has 17 heavy (non-hydrogen) atoms. The number of carbonyl (C=O) groups excluding carboxylic acids is 1. The van der Waals surface area contributed by atoms with Crippen LogP contribution in [0, 0.1) is 0 Å². The molecule has 0 bridgehead atoms. The molecule has 2 heterocycles. The summed E-state index contributed by atoms with van der Waals surface area (Å²) in [7, 11) is 0. The molecule has 1 aromatic rings. The number of aliphatic hydroxyl groups excluding tert-OH is 1. The predicted molar refractivity (Wildman–Crippen MR) is 65.0 cm³/mol. The average Bonchev–Trinajstić information content (AvgIpc) is 2.95. The fourth-order valence-corrected chi connectivity index (χ4v) is 1.81. The summed E-state index contributed by atoms with van der Waals surface area (Å²) in [5.41, 5.74) is 0. The van der Waals surface area contributed by atoms with Crippen LogP contribution in [0.1, 0.15) is 24.7 Å². The van der Waals surface area contributed by atoms with Gasteiger partial charge in [0.25, 0.3) is 0 Å². The Labute approximate surface area is 106 Å². The summed E-state index contributed by atoms with van der Waals surface area (Å²) in [5.74, 6) is 0.419. The molecular weight excluding hydrogens is 244 g/mol. The molecule has 3 N–H and O–H groups in total. The second kappa shape index (κ2) is 6.64. The summed E-state index contributed by atoms with van der Waals surface area (Å²) < 4.78 is 5.04. The Kier molecular flexibility index (Phi) is 5.47. The minimum absolute atomic E-state index is 0. The molecule has 1 amide bonds. The van der Waals surface area contributed by atoms with Gasteiger partial charge in [-0.1, -0.05) is 0 Å². The highest BCUT2D eigenvalue weighted by Gasteiger charge is 2.22. The van der Waals surface area contributed by atoms with E-state index in [4.69, 9.17) is 4.42 Å². The lowest BCUT2D eigenvalue weighted by Gasteiger charge is -2.13. The molecule has 1 saturated heterocycles. The van der Waals surface area contributed by atoms with Crippen LogP contribution < -0.4 is 10.6 Å². The first-order valence-electron chi connectivity index (χ1n) is 5.50. The van der Waals surface area contributed by atoms with Gasteiger partial charge in [-0.15, -0.1) is 12.4 Å². The molecule has 1 fully saturated rings. The van der Waals surface area contributed by atoms with Crippen molar-refractivity contribution < 1.29 is 14.3 Å². The maximum atomic E-state index is 11.6. The SMILES string of the molecule is Cl.O=C(NCC(O)c1ccco1)C1CCCN1. The van der Waals surface area contributed by atoms with Crippen molar-refractivity contribution in [2.24, 2.45) is 0 Å². The fraction of sp³-hybridized carbons (Fsp3) is 0.545. The second-order valence-corrected chi connectivity index (χ2v) is 3.93. The lowest BCUT2D eigenvalue weighted by Crippen LogP contribution is -2.41. The van der Waals surface area contributed by atoms with Crippen LogP contribution in [0.4, 0.5) is 0 Å². The van der Waals surface area contributed by atoms with Gasteiger partial charge in [0.1, 0.15) is 11.9 Å². The van der Waals surface area contributed by atoms with Crippen LogP contribution in [0.5, 0.6) is 0 Å². The van der Waals surface area contributed by atoms with E-state index >= 15 is 0 Å². The number of hydrogen-bond donors (Lipinski definition) is 3. The number of hydrogen-bond acceptors (Lipinski definition) is 4. The number of rotatable bonds is 4. The zero-order chi connectivity index (χ0) is 11.4. The van der Waals surface area contributed by atoms with Crippen molar-refractivity contribution in [1.29, 1.82) is 0 Å². The van der Waals surface area contributed by atoms with Gasteiger partial charge in [0.05, 0.1) is 18.8 Å². The number of nitrogens with one attached hydrogen (secondary N) is 2. The summed E-state index contributed by atoms with van der Waals surface area (Å²) in [6.07, 6.45) is 2.61. The van der Waals surface area contributed by atoms with E-state index < -0.39 is 6.10 Å². The molecule has 2 unspecified atom stereocenters. The summed E-state index contributed by atoms with van der Waals surface area (Å²) in [6, 6.07) is 3.28. The highest BCUT2D eigenvalue weighted by molar-refractivity contribution is 5.85. The van der Waals surface area contributed by atoms with E-state index in [1.165, 1.54) is 6.26 Å². The van der Waals surface area contributed by atoms with Crippen molar-refractivity contribution in [1.82, 2.24) is 10.6 Å². The number of halogens is 1. The van der Waals surface area contributed by atoms with Gasteiger partial charge >= 0.3 is 0 Å². The third-order valence-corrected chi connectivity index (χ3v) is 2.72. The van der Waals surface area contributed by atoms with Crippen molar-refractivity contribution in [3.05, 3.63) is 24.2 Å². The number of aliphatic hydroxyl groups is 1. The first kappa shape index (κ1) is 14.0. The zero-order valence-corrected chi connectivity index (χ0v) is 10.2. The largest absolute Gasteiger partial charge is 0.467 e. The Hall–Kier alpha value is -1.04. The number of furan rings is 1. The molecule has 6 heteroatoms. The van der Waals surface area contributed by atoms with Crippen LogP contribution >= 0.6 is 12.4 Å². The molecule has 1 aliphatic rings. The highest BCUT2D eigenvalue weighted by Crippen LogP contribution is 2.12. The minimum Gasteiger partial charge on any atom is -0.467 e. The van der Waals surface area contributed by atoms with Crippen LogP contribution in [-0.2, 0) is 4.79 Å². The van der Waals surface area contributed by atoms with Gasteiger partial charge in [-0.3, -0.25) is 4.79 Å². The van der Waals surface area contributed by atoms with Gasteiger partial charge in [-0.2, -0.15) is 0 Å². The standard InChI is InChI=1S/C11H16N2O3.ClH/c14-9(10-4-2-6-16-10)7-13-11(15)8-3-1-5-12-8;/h2,4,6,8-9,12,14H,1,3,5,7H2,(H,13,15);1H. The van der Waals surface area contributed by atoms with E-state index in [9.17, 15) is 9.90 Å². The van der Waals surface area contributed by atoms with Crippen LogP contribution in [-0.4, -0.2) is 30.1 Å². The average molecular weight is 261 g/mol. The molecule has 0 saturated carbocycles. The first-order chi connectivity index (χ1) is 7.77. The van der Waals surface area contributed by atoms with Gasteiger partial charge in [0.2, 0.25) is 5.91 Å². The van der Waals surface area contributed by atoms with E-state index in [2.05, 4.69) is 10.6 Å². The molecule has 0 aliphatic carbocycles. The molecule has 96 valence electrons. The Morgan fingerprint density at radius 1 is 1.71 bits per heavy atom. The molecule has 0 radical (unpaired) electrons. The molecule has 1 aromatic heterocycles. The maximum absolute atomic E-state index is 11.6. The van der Waals surface area contributed by atoms with Gasteiger partial charge in [-0.05, 0) is 31.5 Å². The lowest BCUT2D eigenvalue weighted by atomic mass is 10.2. The molecular formula is C11H17ClN2O3. The molecule has 2 atom stereocenters. The van der Waals surface area contributed by atoms with E-state index in [0.717, 1.165) is 19.4 Å². The van der Waals surface area contributed by atoms with Crippen molar-refractivity contribution in [3.8, 4) is 0 Å². The Balaban J connectivity index is 0.00000144. The number of carbonyl (C=O) groups is 1. The Morgan fingerprint density at radius 2 is 2.53 bits per heavy atom. The van der Waals surface area contributed by atoms with E-state index in [1.807, 2.05) is 0 Å². The van der Waals surface area contributed by atoms with E-state index in [-0.39, 0.29) is 30.9 Å². The van der Waals surface area contributed by atoms with Gasteiger partial charge < -0.3 is 20.2 Å². The van der Waals surface area contributed by atoms with Crippen molar-refractivity contribution in [2.75, 3.05) is 13.1 Å². The fourth-order valence-electron chi connectivity index (χ4n) is 1.81. The summed E-state index contributed by atoms with van der Waals surface area (Å²) in [6.45, 7) is 1.07. The molecule has 0 spiro atoms. The van der Waals surface area contributed by atoms with Crippen LogP contribution in [0.25, 0.3) is 0 Å². The summed E-state index contributed by atoms with van der Waals surface area (Å²) in [4.78, 5) is 11.6. The van der Waals surface area contributed by atoms with Crippen molar-refractivity contribution in [2.45, 2.75) is 25.0 Å². The molecule has 5 nitrogen and oxygen atoms in total. The number of amides is 1. The summed E-state index contributed by atoms with van der Waals surface area (Å²) in [5, 5.41) is 15.5. The van der Waals surface area contributed by atoms with Crippen LogP contribution in [0.2, 0.25) is 0 Å². The van der Waals surface area contributed by atoms with Crippen LogP contribution in [0.3, 0.4) is 0 Å². The Bertz CT molecular complexity index is 336. The third kappa shape index (κ3) is 3.73. The highest BCUT2D eigenvalue weighted by atomic mass is 35.5. The van der Waals surface area contributed by atoms with Gasteiger partial charge in [-0.25, -0.2) is 0 Å². The maximum Gasteiger partial charge on any atom is 0.237 e. The van der Waals surface area contributed by atoms with Gasteiger partial charge in [0, 0.05) is 0 Å². The molecule has 2 rings (SSSR count). The van der Waals surface area contributed by atoms with Gasteiger partial charge in [0.15, 0.2) is 0 Å². The minimum atomic E-state index is -0.777. The second-order valence-electron chi connectivity index (χ2n) is 3.93. The third-order valence-electron chi connectivity index (χ3n) is 2.72. The smallest absolute Gasteiger partial charge is 0.237 e.